The molecule has 2 aromatic carbocycles. The number of nitrogens with one attached hydrogen (secondary N) is 1. The summed E-state index contributed by atoms with van der Waals surface area (Å²) in [6.07, 6.45) is 0. The van der Waals surface area contributed by atoms with Crippen molar-refractivity contribution in [2.24, 2.45) is 0 Å². The average molecular weight is 342 g/mol. The van der Waals surface area contributed by atoms with E-state index in [0.717, 1.165) is 28.1 Å². The van der Waals surface area contributed by atoms with Crippen LogP contribution < -0.4 is 10.1 Å². The minimum absolute atomic E-state index is 0.0670. The fraction of sp³-hybridized carbons (Fsp3) is 0.350. The maximum atomic E-state index is 12.6. The molecule has 0 aliphatic heterocycles. The Balaban J connectivity index is 2.07. The summed E-state index contributed by atoms with van der Waals surface area (Å²) in [4.78, 5) is 14.3. The van der Waals surface area contributed by atoms with Crippen LogP contribution in [0.3, 0.4) is 0 Å². The van der Waals surface area contributed by atoms with Crippen LogP contribution in [0.4, 0.5) is 5.69 Å². The Hall–Kier alpha value is -2.53. The average Bonchev–Trinajstić information content (AvgIpc) is 2.61. The summed E-state index contributed by atoms with van der Waals surface area (Å²) in [7, 11) is 1.61. The Labute approximate surface area is 149 Å². The number of anilines is 1. The first-order valence-corrected chi connectivity index (χ1v) is 8.37. The van der Waals surface area contributed by atoms with Gasteiger partial charge in [0, 0.05) is 24.3 Å². The van der Waals surface area contributed by atoms with Crippen molar-refractivity contribution in [1.29, 1.82) is 0 Å². The Morgan fingerprint density at radius 3 is 2.44 bits per heavy atom. The van der Waals surface area contributed by atoms with Gasteiger partial charge in [0.1, 0.15) is 5.75 Å². The van der Waals surface area contributed by atoms with E-state index >= 15 is 0 Å². The van der Waals surface area contributed by atoms with Gasteiger partial charge in [-0.05, 0) is 31.0 Å². The summed E-state index contributed by atoms with van der Waals surface area (Å²) in [5.41, 5.74) is 4.11. The van der Waals surface area contributed by atoms with Crippen molar-refractivity contribution >= 4 is 11.6 Å². The zero-order valence-corrected chi connectivity index (χ0v) is 15.1. The molecule has 5 heteroatoms. The molecule has 2 aromatic rings. The maximum absolute atomic E-state index is 12.6. The SMILES string of the molecule is COc1ccccc1CN(CCO)C(=O)CNc1c(C)cccc1C. The van der Waals surface area contributed by atoms with Gasteiger partial charge in [0.05, 0.1) is 20.3 Å². The van der Waals surface area contributed by atoms with Crippen LogP contribution in [-0.4, -0.2) is 42.7 Å². The number of nitrogens with zero attached hydrogens (tertiary/aromatic N) is 1. The monoisotopic (exact) mass is 342 g/mol. The quantitative estimate of drug-likeness (QED) is 0.774. The number of aryl methyl sites for hydroxylation is 2. The van der Waals surface area contributed by atoms with E-state index in [1.807, 2.05) is 56.3 Å². The maximum Gasteiger partial charge on any atom is 0.242 e. The van der Waals surface area contributed by atoms with Crippen LogP contribution >= 0.6 is 0 Å². The second-order valence-corrected chi connectivity index (χ2v) is 5.97. The topological polar surface area (TPSA) is 61.8 Å². The van der Waals surface area contributed by atoms with E-state index in [4.69, 9.17) is 4.74 Å². The number of methoxy groups -OCH3 is 1. The van der Waals surface area contributed by atoms with Crippen molar-refractivity contribution in [3.05, 3.63) is 59.2 Å². The molecule has 0 aliphatic carbocycles. The van der Waals surface area contributed by atoms with Gasteiger partial charge in [-0.2, -0.15) is 0 Å². The smallest absolute Gasteiger partial charge is 0.242 e. The van der Waals surface area contributed by atoms with Crippen LogP contribution in [-0.2, 0) is 11.3 Å². The predicted molar refractivity (Wildman–Crippen MR) is 99.9 cm³/mol. The van der Waals surface area contributed by atoms with Crippen molar-refractivity contribution in [3.63, 3.8) is 0 Å². The van der Waals surface area contributed by atoms with Crippen molar-refractivity contribution in [2.75, 3.05) is 32.1 Å². The molecule has 0 aliphatic rings. The predicted octanol–water partition coefficient (Wildman–Crippen LogP) is 2.75. The summed E-state index contributed by atoms with van der Waals surface area (Å²) >= 11 is 0. The molecule has 0 spiro atoms. The summed E-state index contributed by atoms with van der Waals surface area (Å²) in [6, 6.07) is 13.6. The molecule has 2 rings (SSSR count). The highest BCUT2D eigenvalue weighted by molar-refractivity contribution is 5.81. The van der Waals surface area contributed by atoms with Crippen LogP contribution in [0, 0.1) is 13.8 Å². The molecule has 0 bridgehead atoms. The summed E-state index contributed by atoms with van der Waals surface area (Å²) < 4.78 is 5.35. The highest BCUT2D eigenvalue weighted by Gasteiger charge is 2.16. The van der Waals surface area contributed by atoms with Gasteiger partial charge in [-0.3, -0.25) is 4.79 Å². The molecule has 0 saturated carbocycles. The first kappa shape index (κ1) is 18.8. The Morgan fingerprint density at radius 2 is 1.80 bits per heavy atom. The number of ether oxygens (including phenoxy) is 1. The fourth-order valence-electron chi connectivity index (χ4n) is 2.82. The molecule has 0 unspecified atom stereocenters. The lowest BCUT2D eigenvalue weighted by atomic mass is 10.1. The minimum Gasteiger partial charge on any atom is -0.496 e. The lowest BCUT2D eigenvalue weighted by Crippen LogP contribution is -2.37. The lowest BCUT2D eigenvalue weighted by Gasteiger charge is -2.24. The molecule has 0 aromatic heterocycles. The number of hydrogen-bond acceptors (Lipinski definition) is 4. The molecule has 0 atom stereocenters. The summed E-state index contributed by atoms with van der Waals surface area (Å²) in [6.45, 7) is 4.81. The zero-order chi connectivity index (χ0) is 18.2. The molecule has 0 fully saturated rings. The number of rotatable bonds is 8. The van der Waals surface area contributed by atoms with Gasteiger partial charge in [0.15, 0.2) is 0 Å². The Kier molecular flexibility index (Phi) is 6.83. The van der Waals surface area contributed by atoms with Crippen LogP contribution in [0.25, 0.3) is 0 Å². The van der Waals surface area contributed by atoms with Crippen LogP contribution in [0.5, 0.6) is 5.75 Å². The van der Waals surface area contributed by atoms with E-state index in [-0.39, 0.29) is 25.6 Å². The number of aliphatic hydroxyl groups excluding tert-OH is 1. The highest BCUT2D eigenvalue weighted by Crippen LogP contribution is 2.21. The van der Waals surface area contributed by atoms with Gasteiger partial charge in [0.2, 0.25) is 5.91 Å². The molecule has 25 heavy (non-hydrogen) atoms. The van der Waals surface area contributed by atoms with Crippen molar-refractivity contribution in [1.82, 2.24) is 4.90 Å². The third-order valence-corrected chi connectivity index (χ3v) is 4.17. The standard InChI is InChI=1S/C20H26N2O3/c1-15-7-6-8-16(2)20(15)21-13-19(24)22(11-12-23)14-17-9-4-5-10-18(17)25-3/h4-10,21,23H,11-14H2,1-3H3. The number of carbonyl (C=O) groups is 1. The largest absolute Gasteiger partial charge is 0.496 e. The van der Waals surface area contributed by atoms with E-state index in [0.29, 0.717) is 6.54 Å². The van der Waals surface area contributed by atoms with Gasteiger partial charge >= 0.3 is 0 Å². The zero-order valence-electron chi connectivity index (χ0n) is 15.1. The number of carbonyl (C=O) groups excluding carboxylic acids is 1. The van der Waals surface area contributed by atoms with E-state index in [1.54, 1.807) is 12.0 Å². The van der Waals surface area contributed by atoms with E-state index in [9.17, 15) is 9.90 Å². The van der Waals surface area contributed by atoms with Gasteiger partial charge in [-0.25, -0.2) is 0 Å². The molecule has 2 N–H and O–H groups in total. The summed E-state index contributed by atoms with van der Waals surface area (Å²) in [5.74, 6) is 0.670. The van der Waals surface area contributed by atoms with Gasteiger partial charge in [-0.15, -0.1) is 0 Å². The molecule has 134 valence electrons. The Morgan fingerprint density at radius 1 is 1.12 bits per heavy atom. The minimum atomic E-state index is -0.0791. The molecule has 5 nitrogen and oxygen atoms in total. The molecular weight excluding hydrogens is 316 g/mol. The third kappa shape index (κ3) is 4.97. The molecule has 1 amide bonds. The molecular formula is C20H26N2O3. The molecule has 0 saturated heterocycles. The second-order valence-electron chi connectivity index (χ2n) is 5.97. The van der Waals surface area contributed by atoms with E-state index in [2.05, 4.69) is 5.32 Å². The van der Waals surface area contributed by atoms with Crippen LogP contribution in [0.15, 0.2) is 42.5 Å². The van der Waals surface area contributed by atoms with E-state index in [1.165, 1.54) is 0 Å². The number of hydrogen-bond donors (Lipinski definition) is 2. The van der Waals surface area contributed by atoms with Gasteiger partial charge in [-0.1, -0.05) is 36.4 Å². The van der Waals surface area contributed by atoms with Gasteiger partial charge in [0.25, 0.3) is 0 Å². The normalized spacial score (nSPS) is 10.4. The first-order chi connectivity index (χ1) is 12.1. The highest BCUT2D eigenvalue weighted by atomic mass is 16.5. The van der Waals surface area contributed by atoms with Gasteiger partial charge < -0.3 is 20.1 Å². The second kappa shape index (κ2) is 9.08. The van der Waals surface area contributed by atoms with Crippen molar-refractivity contribution in [3.8, 4) is 5.75 Å². The van der Waals surface area contributed by atoms with Crippen molar-refractivity contribution in [2.45, 2.75) is 20.4 Å². The number of benzene rings is 2. The molecule has 0 radical (unpaired) electrons. The van der Waals surface area contributed by atoms with Crippen molar-refractivity contribution < 1.29 is 14.6 Å². The third-order valence-electron chi connectivity index (χ3n) is 4.17. The fourth-order valence-corrected chi connectivity index (χ4v) is 2.82. The van der Waals surface area contributed by atoms with E-state index < -0.39 is 0 Å². The number of amides is 1. The lowest BCUT2D eigenvalue weighted by molar-refractivity contribution is -0.130. The molecule has 0 heterocycles. The van der Waals surface area contributed by atoms with Crippen LogP contribution in [0.2, 0.25) is 0 Å². The Bertz CT molecular complexity index is 696. The summed E-state index contributed by atoms with van der Waals surface area (Å²) in [5, 5.41) is 12.5. The first-order valence-electron chi connectivity index (χ1n) is 8.37. The number of aliphatic hydroxyl groups is 1. The van der Waals surface area contributed by atoms with Crippen LogP contribution in [0.1, 0.15) is 16.7 Å². The number of para-hydroxylation sites is 2.